The molecule has 0 unspecified atom stereocenters. The standard InChI is InChI=1S/C12H7N3O/c13-6-8-4-9-10(15-12(8)16)5-7-2-1-3-14-11(7)9/h1-4H,5H2,(H,15,16). The van der Waals surface area contributed by atoms with Crippen molar-refractivity contribution in [3.8, 4) is 17.3 Å². The van der Waals surface area contributed by atoms with Crippen LogP contribution in [0.25, 0.3) is 11.3 Å². The maximum Gasteiger partial charge on any atom is 0.266 e. The van der Waals surface area contributed by atoms with Gasteiger partial charge in [0.2, 0.25) is 0 Å². The van der Waals surface area contributed by atoms with Crippen molar-refractivity contribution < 1.29 is 0 Å². The van der Waals surface area contributed by atoms with E-state index in [1.165, 1.54) is 0 Å². The first-order valence-corrected chi connectivity index (χ1v) is 4.90. The molecule has 0 amide bonds. The molecule has 76 valence electrons. The highest BCUT2D eigenvalue weighted by molar-refractivity contribution is 5.72. The van der Waals surface area contributed by atoms with Gasteiger partial charge in [0.25, 0.3) is 5.56 Å². The predicted molar refractivity (Wildman–Crippen MR) is 57.8 cm³/mol. The summed E-state index contributed by atoms with van der Waals surface area (Å²) in [7, 11) is 0. The summed E-state index contributed by atoms with van der Waals surface area (Å²) in [5.41, 5.74) is 3.48. The van der Waals surface area contributed by atoms with Crippen LogP contribution < -0.4 is 5.56 Å². The number of fused-ring (bicyclic) bond motifs is 3. The monoisotopic (exact) mass is 209 g/mol. The number of hydrogen-bond acceptors (Lipinski definition) is 3. The summed E-state index contributed by atoms with van der Waals surface area (Å²) in [6.45, 7) is 0. The van der Waals surface area contributed by atoms with Crippen LogP contribution in [-0.4, -0.2) is 9.97 Å². The van der Waals surface area contributed by atoms with E-state index in [9.17, 15) is 4.79 Å². The maximum absolute atomic E-state index is 11.5. The van der Waals surface area contributed by atoms with Gasteiger partial charge in [-0.05, 0) is 17.7 Å². The molecule has 0 spiro atoms. The van der Waals surface area contributed by atoms with Gasteiger partial charge in [-0.25, -0.2) is 0 Å². The summed E-state index contributed by atoms with van der Waals surface area (Å²) in [5.74, 6) is 0. The number of rotatable bonds is 0. The highest BCUT2D eigenvalue weighted by Crippen LogP contribution is 2.32. The lowest BCUT2D eigenvalue weighted by Crippen LogP contribution is -2.11. The molecule has 16 heavy (non-hydrogen) atoms. The first kappa shape index (κ1) is 8.86. The van der Waals surface area contributed by atoms with Crippen molar-refractivity contribution in [3.63, 3.8) is 0 Å². The molecule has 0 bridgehead atoms. The van der Waals surface area contributed by atoms with E-state index in [-0.39, 0.29) is 11.1 Å². The summed E-state index contributed by atoms with van der Waals surface area (Å²) in [6, 6.07) is 7.35. The quantitative estimate of drug-likeness (QED) is 0.605. The molecule has 0 radical (unpaired) electrons. The van der Waals surface area contributed by atoms with E-state index in [1.807, 2.05) is 18.2 Å². The Kier molecular flexibility index (Phi) is 1.68. The molecular weight excluding hydrogens is 202 g/mol. The Balaban J connectivity index is 2.33. The van der Waals surface area contributed by atoms with Crippen LogP contribution in [0.2, 0.25) is 0 Å². The van der Waals surface area contributed by atoms with Crippen molar-refractivity contribution in [2.75, 3.05) is 0 Å². The zero-order valence-corrected chi connectivity index (χ0v) is 8.32. The lowest BCUT2D eigenvalue weighted by atomic mass is 10.1. The number of aromatic amines is 1. The van der Waals surface area contributed by atoms with Crippen LogP contribution in [-0.2, 0) is 6.42 Å². The van der Waals surface area contributed by atoms with E-state index in [4.69, 9.17) is 5.26 Å². The van der Waals surface area contributed by atoms with Gasteiger partial charge in [-0.15, -0.1) is 0 Å². The molecule has 0 saturated carbocycles. The number of nitrogens with zero attached hydrogens (tertiary/aromatic N) is 2. The van der Waals surface area contributed by atoms with Crippen LogP contribution in [0, 0.1) is 11.3 Å². The van der Waals surface area contributed by atoms with Crippen LogP contribution in [0.3, 0.4) is 0 Å². The van der Waals surface area contributed by atoms with Crippen LogP contribution >= 0.6 is 0 Å². The fourth-order valence-corrected chi connectivity index (χ4v) is 2.02. The molecule has 0 fully saturated rings. The number of pyridine rings is 2. The molecule has 1 aliphatic carbocycles. The Morgan fingerprint density at radius 2 is 2.38 bits per heavy atom. The third kappa shape index (κ3) is 1.09. The molecular formula is C12H7N3O. The molecule has 1 aliphatic rings. The zero-order chi connectivity index (χ0) is 11.1. The van der Waals surface area contributed by atoms with E-state index in [0.717, 1.165) is 22.5 Å². The SMILES string of the molecule is N#Cc1cc2c([nH]c1=O)Cc1cccnc1-2. The number of hydrogen-bond donors (Lipinski definition) is 1. The second-order valence-corrected chi connectivity index (χ2v) is 3.70. The highest BCUT2D eigenvalue weighted by Gasteiger charge is 2.21. The predicted octanol–water partition coefficient (Wildman–Crippen LogP) is 1.21. The van der Waals surface area contributed by atoms with E-state index in [0.29, 0.717) is 6.42 Å². The van der Waals surface area contributed by atoms with Gasteiger partial charge in [-0.1, -0.05) is 6.07 Å². The van der Waals surface area contributed by atoms with Crippen LogP contribution in [0.5, 0.6) is 0 Å². The Labute approximate surface area is 91.2 Å². The molecule has 4 heteroatoms. The van der Waals surface area contributed by atoms with Crippen molar-refractivity contribution in [1.29, 1.82) is 5.26 Å². The first-order chi connectivity index (χ1) is 7.79. The van der Waals surface area contributed by atoms with E-state index in [2.05, 4.69) is 9.97 Å². The first-order valence-electron chi connectivity index (χ1n) is 4.90. The second-order valence-electron chi connectivity index (χ2n) is 3.70. The van der Waals surface area contributed by atoms with Gasteiger partial charge in [0.1, 0.15) is 11.6 Å². The molecule has 4 nitrogen and oxygen atoms in total. The summed E-state index contributed by atoms with van der Waals surface area (Å²) in [6.07, 6.45) is 2.39. The number of nitrogens with one attached hydrogen (secondary N) is 1. The summed E-state index contributed by atoms with van der Waals surface area (Å²) < 4.78 is 0. The zero-order valence-electron chi connectivity index (χ0n) is 8.32. The molecule has 2 heterocycles. The minimum Gasteiger partial charge on any atom is -0.324 e. The Hall–Kier alpha value is -2.41. The minimum absolute atomic E-state index is 0.136. The van der Waals surface area contributed by atoms with Crippen molar-refractivity contribution in [2.45, 2.75) is 6.42 Å². The largest absolute Gasteiger partial charge is 0.324 e. The third-order valence-electron chi connectivity index (χ3n) is 2.76. The summed E-state index contributed by atoms with van der Waals surface area (Å²) in [5, 5.41) is 8.81. The minimum atomic E-state index is -0.325. The summed E-state index contributed by atoms with van der Waals surface area (Å²) >= 11 is 0. The molecule has 0 saturated heterocycles. The summed E-state index contributed by atoms with van der Waals surface area (Å²) in [4.78, 5) is 18.5. The second kappa shape index (κ2) is 3.04. The van der Waals surface area contributed by atoms with Gasteiger partial charge in [0, 0.05) is 23.9 Å². The Morgan fingerprint density at radius 3 is 3.19 bits per heavy atom. The molecule has 2 aromatic heterocycles. The van der Waals surface area contributed by atoms with Crippen molar-refractivity contribution >= 4 is 0 Å². The van der Waals surface area contributed by atoms with E-state index in [1.54, 1.807) is 12.3 Å². The van der Waals surface area contributed by atoms with Crippen LogP contribution in [0.1, 0.15) is 16.8 Å². The van der Waals surface area contributed by atoms with Gasteiger partial charge in [0.15, 0.2) is 0 Å². The number of nitriles is 1. The maximum atomic E-state index is 11.5. The van der Waals surface area contributed by atoms with Gasteiger partial charge >= 0.3 is 0 Å². The number of H-pyrrole nitrogens is 1. The highest BCUT2D eigenvalue weighted by atomic mass is 16.1. The normalized spacial score (nSPS) is 11.7. The fraction of sp³-hybridized carbons (Fsp3) is 0.0833. The molecule has 0 aliphatic heterocycles. The van der Waals surface area contributed by atoms with Crippen molar-refractivity contribution in [1.82, 2.24) is 9.97 Å². The van der Waals surface area contributed by atoms with E-state index >= 15 is 0 Å². The smallest absolute Gasteiger partial charge is 0.266 e. The van der Waals surface area contributed by atoms with Crippen molar-refractivity contribution in [2.24, 2.45) is 0 Å². The average Bonchev–Trinajstić information content (AvgIpc) is 2.65. The van der Waals surface area contributed by atoms with Gasteiger partial charge in [0.05, 0.1) is 5.69 Å². The molecule has 1 N–H and O–H groups in total. The molecule has 0 atom stereocenters. The molecule has 3 rings (SSSR count). The lowest BCUT2D eigenvalue weighted by Gasteiger charge is -1.99. The fourth-order valence-electron chi connectivity index (χ4n) is 2.02. The molecule has 2 aromatic rings. The van der Waals surface area contributed by atoms with Gasteiger partial charge in [-0.2, -0.15) is 5.26 Å². The molecule has 0 aromatic carbocycles. The van der Waals surface area contributed by atoms with E-state index < -0.39 is 0 Å². The van der Waals surface area contributed by atoms with Gasteiger partial charge in [-0.3, -0.25) is 9.78 Å². The topological polar surface area (TPSA) is 69.5 Å². The third-order valence-corrected chi connectivity index (χ3v) is 2.76. The average molecular weight is 209 g/mol. The Morgan fingerprint density at radius 1 is 1.50 bits per heavy atom. The van der Waals surface area contributed by atoms with Crippen molar-refractivity contribution in [3.05, 3.63) is 51.6 Å². The van der Waals surface area contributed by atoms with Gasteiger partial charge < -0.3 is 4.98 Å². The van der Waals surface area contributed by atoms with Crippen LogP contribution in [0.4, 0.5) is 0 Å². The number of aromatic nitrogens is 2. The lowest BCUT2D eigenvalue weighted by molar-refractivity contribution is 1.08. The Bertz CT molecular complexity index is 679. The van der Waals surface area contributed by atoms with Crippen LogP contribution in [0.15, 0.2) is 29.2 Å².